The number of amides is 1. The van der Waals surface area contributed by atoms with Crippen molar-refractivity contribution in [1.82, 2.24) is 5.32 Å². The summed E-state index contributed by atoms with van der Waals surface area (Å²) in [5.41, 5.74) is 0.440. The van der Waals surface area contributed by atoms with Crippen LogP contribution in [0.3, 0.4) is 0 Å². The zero-order valence-corrected chi connectivity index (χ0v) is 7.78. The molecule has 4 nitrogen and oxygen atoms in total. The van der Waals surface area contributed by atoms with E-state index >= 15 is 0 Å². The lowest BCUT2D eigenvalue weighted by molar-refractivity contribution is 0.0973. The summed E-state index contributed by atoms with van der Waals surface area (Å²) in [6.45, 7) is 2.47. The van der Waals surface area contributed by atoms with Crippen molar-refractivity contribution in [3.8, 4) is 11.9 Å². The summed E-state index contributed by atoms with van der Waals surface area (Å²) in [6.07, 6.45) is 1.57. The van der Waals surface area contributed by atoms with E-state index in [4.69, 9.17) is 10.00 Å². The van der Waals surface area contributed by atoms with Crippen molar-refractivity contribution in [3.63, 3.8) is 0 Å². The number of nitrogens with zero attached hydrogens (tertiary/aromatic N) is 1. The number of benzene rings is 1. The van der Waals surface area contributed by atoms with Gasteiger partial charge >= 0.3 is 0 Å². The molecule has 0 fully saturated rings. The third-order valence-electron chi connectivity index (χ3n) is 1.60. The molecule has 0 unspecified atom stereocenters. The molecule has 0 aliphatic heterocycles. The van der Waals surface area contributed by atoms with Gasteiger partial charge in [0.05, 0.1) is 6.61 Å². The first-order valence-electron chi connectivity index (χ1n) is 4.20. The Balaban J connectivity index is 2.73. The standard InChI is InChI=1S/C10H10N2O2/c1-2-14-9-5-3-8(4-6-9)10(13)12-7-11/h3-6H,2H2,1H3,(H,12,13). The van der Waals surface area contributed by atoms with Crippen molar-refractivity contribution in [3.05, 3.63) is 29.8 Å². The second-order valence-corrected chi connectivity index (χ2v) is 2.52. The highest BCUT2D eigenvalue weighted by molar-refractivity contribution is 5.95. The monoisotopic (exact) mass is 190 g/mol. The Morgan fingerprint density at radius 3 is 2.64 bits per heavy atom. The van der Waals surface area contributed by atoms with Gasteiger partial charge in [0.15, 0.2) is 6.19 Å². The lowest BCUT2D eigenvalue weighted by Gasteiger charge is -2.02. The third-order valence-corrected chi connectivity index (χ3v) is 1.60. The molecule has 4 heteroatoms. The largest absolute Gasteiger partial charge is 0.494 e. The van der Waals surface area contributed by atoms with Gasteiger partial charge in [0.25, 0.3) is 5.91 Å². The summed E-state index contributed by atoms with van der Waals surface area (Å²) in [4.78, 5) is 11.1. The molecule has 0 aliphatic rings. The normalized spacial score (nSPS) is 8.86. The van der Waals surface area contributed by atoms with Crippen molar-refractivity contribution in [2.24, 2.45) is 0 Å². The van der Waals surface area contributed by atoms with E-state index in [0.29, 0.717) is 17.9 Å². The predicted octanol–water partition coefficient (Wildman–Crippen LogP) is 1.30. The highest BCUT2D eigenvalue weighted by Crippen LogP contribution is 2.11. The molecule has 0 aromatic heterocycles. The molecule has 0 heterocycles. The van der Waals surface area contributed by atoms with Gasteiger partial charge in [0.1, 0.15) is 5.75 Å². The zero-order chi connectivity index (χ0) is 10.4. The smallest absolute Gasteiger partial charge is 0.264 e. The molecule has 14 heavy (non-hydrogen) atoms. The summed E-state index contributed by atoms with van der Waals surface area (Å²) >= 11 is 0. The fourth-order valence-electron chi connectivity index (χ4n) is 0.992. The fraction of sp³-hybridized carbons (Fsp3) is 0.200. The Hall–Kier alpha value is -2.02. The van der Waals surface area contributed by atoms with E-state index in [-0.39, 0.29) is 0 Å². The van der Waals surface area contributed by atoms with E-state index in [9.17, 15) is 4.79 Å². The predicted molar refractivity (Wildman–Crippen MR) is 50.7 cm³/mol. The third kappa shape index (κ3) is 2.49. The number of ether oxygens (including phenoxy) is 1. The molecule has 0 saturated carbocycles. The molecule has 0 radical (unpaired) electrons. The number of carbonyl (C=O) groups excluding carboxylic acids is 1. The number of nitrogens with one attached hydrogen (secondary N) is 1. The van der Waals surface area contributed by atoms with Gasteiger partial charge in [-0.05, 0) is 31.2 Å². The Kier molecular flexibility index (Phi) is 3.50. The van der Waals surface area contributed by atoms with Crippen LogP contribution in [0.5, 0.6) is 5.75 Å². The van der Waals surface area contributed by atoms with Gasteiger partial charge < -0.3 is 4.74 Å². The first-order chi connectivity index (χ1) is 6.77. The van der Waals surface area contributed by atoms with E-state index in [1.807, 2.05) is 12.2 Å². The second-order valence-electron chi connectivity index (χ2n) is 2.52. The topological polar surface area (TPSA) is 62.1 Å². The molecule has 1 N–H and O–H groups in total. The molecular weight excluding hydrogens is 180 g/mol. The molecule has 1 rings (SSSR count). The Morgan fingerprint density at radius 1 is 1.50 bits per heavy atom. The van der Waals surface area contributed by atoms with Crippen LogP contribution in [0.25, 0.3) is 0 Å². The minimum atomic E-state index is -0.407. The van der Waals surface area contributed by atoms with Crippen LogP contribution in [0.1, 0.15) is 17.3 Å². The maximum absolute atomic E-state index is 11.1. The van der Waals surface area contributed by atoms with E-state index in [1.54, 1.807) is 30.5 Å². The molecule has 1 amide bonds. The summed E-state index contributed by atoms with van der Waals surface area (Å²) in [6, 6.07) is 6.60. The molecule has 1 aromatic rings. The highest BCUT2D eigenvalue weighted by atomic mass is 16.5. The maximum Gasteiger partial charge on any atom is 0.264 e. The van der Waals surface area contributed by atoms with Crippen molar-refractivity contribution in [2.75, 3.05) is 6.61 Å². The zero-order valence-electron chi connectivity index (χ0n) is 7.78. The minimum absolute atomic E-state index is 0.407. The van der Waals surface area contributed by atoms with Crippen LogP contribution in [-0.4, -0.2) is 12.5 Å². The van der Waals surface area contributed by atoms with Crippen molar-refractivity contribution < 1.29 is 9.53 Å². The number of carbonyl (C=O) groups is 1. The number of nitriles is 1. The first-order valence-corrected chi connectivity index (χ1v) is 4.20. The summed E-state index contributed by atoms with van der Waals surface area (Å²) in [5, 5.41) is 10.3. The van der Waals surface area contributed by atoms with E-state index < -0.39 is 5.91 Å². The molecule has 0 saturated heterocycles. The van der Waals surface area contributed by atoms with Crippen LogP contribution in [0.2, 0.25) is 0 Å². The van der Waals surface area contributed by atoms with E-state index in [2.05, 4.69) is 0 Å². The van der Waals surface area contributed by atoms with Crippen molar-refractivity contribution in [1.29, 1.82) is 5.26 Å². The van der Waals surface area contributed by atoms with E-state index in [0.717, 1.165) is 0 Å². The van der Waals surface area contributed by atoms with E-state index in [1.165, 1.54) is 0 Å². The van der Waals surface area contributed by atoms with Gasteiger partial charge in [-0.25, -0.2) is 0 Å². The second kappa shape index (κ2) is 4.87. The Morgan fingerprint density at radius 2 is 2.14 bits per heavy atom. The van der Waals surface area contributed by atoms with Gasteiger partial charge in [0, 0.05) is 5.56 Å². The van der Waals surface area contributed by atoms with Crippen LogP contribution >= 0.6 is 0 Å². The van der Waals surface area contributed by atoms with Crippen LogP contribution < -0.4 is 10.1 Å². The number of hydrogen-bond donors (Lipinski definition) is 1. The summed E-state index contributed by atoms with van der Waals surface area (Å²) < 4.78 is 5.20. The lowest BCUT2D eigenvalue weighted by atomic mass is 10.2. The van der Waals surface area contributed by atoms with Crippen LogP contribution in [0.15, 0.2) is 24.3 Å². The first kappa shape index (κ1) is 10.1. The molecule has 0 atom stereocenters. The highest BCUT2D eigenvalue weighted by Gasteiger charge is 2.03. The lowest BCUT2D eigenvalue weighted by Crippen LogP contribution is -2.16. The van der Waals surface area contributed by atoms with Gasteiger partial charge in [-0.15, -0.1) is 0 Å². The Labute approximate surface area is 82.1 Å². The van der Waals surface area contributed by atoms with Crippen LogP contribution in [-0.2, 0) is 0 Å². The molecule has 0 bridgehead atoms. The molecule has 0 spiro atoms. The number of rotatable bonds is 3. The van der Waals surface area contributed by atoms with Gasteiger partial charge in [-0.1, -0.05) is 0 Å². The number of hydrogen-bond acceptors (Lipinski definition) is 3. The molecule has 1 aromatic carbocycles. The fourth-order valence-corrected chi connectivity index (χ4v) is 0.992. The Bertz CT molecular complexity index is 351. The molecule has 72 valence electrons. The summed E-state index contributed by atoms with van der Waals surface area (Å²) in [5.74, 6) is 0.302. The maximum atomic E-state index is 11.1. The molecule has 0 aliphatic carbocycles. The van der Waals surface area contributed by atoms with Gasteiger partial charge in [0.2, 0.25) is 0 Å². The average molecular weight is 190 g/mol. The SMILES string of the molecule is CCOc1ccc(C(=O)NC#N)cc1. The van der Waals surface area contributed by atoms with Crippen LogP contribution in [0.4, 0.5) is 0 Å². The van der Waals surface area contributed by atoms with Gasteiger partial charge in [-0.2, -0.15) is 5.26 Å². The summed E-state index contributed by atoms with van der Waals surface area (Å²) in [7, 11) is 0. The van der Waals surface area contributed by atoms with Crippen LogP contribution in [0, 0.1) is 11.5 Å². The molecular formula is C10H10N2O2. The van der Waals surface area contributed by atoms with Crippen molar-refractivity contribution in [2.45, 2.75) is 6.92 Å². The minimum Gasteiger partial charge on any atom is -0.494 e. The average Bonchev–Trinajstić information content (AvgIpc) is 2.20. The van der Waals surface area contributed by atoms with Crippen molar-refractivity contribution >= 4 is 5.91 Å². The quantitative estimate of drug-likeness (QED) is 0.577. The van der Waals surface area contributed by atoms with Gasteiger partial charge in [-0.3, -0.25) is 10.1 Å².